The molecule has 180 valence electrons. The van der Waals surface area contributed by atoms with Crippen molar-refractivity contribution in [2.75, 3.05) is 24.9 Å². The monoisotopic (exact) mass is 486 g/mol. The molecule has 0 aliphatic carbocycles. The van der Waals surface area contributed by atoms with Gasteiger partial charge in [0, 0.05) is 12.1 Å². The van der Waals surface area contributed by atoms with E-state index in [-0.39, 0.29) is 40.1 Å². The van der Waals surface area contributed by atoms with Crippen molar-refractivity contribution in [1.82, 2.24) is 9.55 Å². The fourth-order valence-electron chi connectivity index (χ4n) is 3.59. The number of nitrogens with zero attached hydrogens (tertiary/aromatic N) is 2. The molecule has 1 aromatic heterocycles. The number of nitrogen functional groups attached to an aromatic ring is 1. The Morgan fingerprint density at radius 2 is 1.85 bits per heavy atom. The molecule has 0 atom stereocenters. The zero-order chi connectivity index (χ0) is 24.8. The molecule has 1 heterocycles. The minimum atomic E-state index is -0.758. The number of anilines is 2. The second-order valence-corrected chi connectivity index (χ2v) is 7.98. The van der Waals surface area contributed by atoms with Gasteiger partial charge in [0.25, 0.3) is 11.5 Å². The fourth-order valence-corrected chi connectivity index (χ4v) is 3.88. The highest BCUT2D eigenvalue weighted by Crippen LogP contribution is 2.37. The third kappa shape index (κ3) is 5.09. The number of nitrogens with one attached hydrogen (secondary N) is 1. The average Bonchev–Trinajstić information content (AvgIpc) is 2.82. The predicted octanol–water partition coefficient (Wildman–Crippen LogP) is 3.44. The maximum Gasteiger partial charge on any atom is 0.330 e. The SMILES string of the molecule is CCCCn1c(N)c(N(Cc2ccccc2)C(=O)c2cc(Cl)c(OC)c(OC)c2)c(=O)[nH]c1=O. The van der Waals surface area contributed by atoms with E-state index in [1.165, 1.54) is 35.8 Å². The molecule has 0 aliphatic rings. The minimum Gasteiger partial charge on any atom is -0.493 e. The molecular formula is C24H27ClN4O5. The summed E-state index contributed by atoms with van der Waals surface area (Å²) in [5.41, 5.74) is 5.72. The zero-order valence-corrected chi connectivity index (χ0v) is 20.0. The van der Waals surface area contributed by atoms with Crippen molar-refractivity contribution in [3.8, 4) is 11.5 Å². The molecule has 0 bridgehead atoms. The number of unbranched alkanes of at least 4 members (excludes halogenated alkanes) is 1. The van der Waals surface area contributed by atoms with Gasteiger partial charge in [-0.05, 0) is 24.1 Å². The first-order valence-corrected chi connectivity index (χ1v) is 11.1. The largest absolute Gasteiger partial charge is 0.493 e. The number of hydrogen-bond acceptors (Lipinski definition) is 6. The Hall–Kier alpha value is -3.72. The molecule has 0 spiro atoms. The second kappa shape index (κ2) is 10.9. The predicted molar refractivity (Wildman–Crippen MR) is 132 cm³/mol. The minimum absolute atomic E-state index is 0.0326. The van der Waals surface area contributed by atoms with Crippen LogP contribution in [0.4, 0.5) is 11.5 Å². The van der Waals surface area contributed by atoms with Gasteiger partial charge < -0.3 is 15.2 Å². The van der Waals surface area contributed by atoms with Crippen LogP contribution in [0.1, 0.15) is 35.7 Å². The maximum absolute atomic E-state index is 13.8. The molecule has 1 amide bonds. The van der Waals surface area contributed by atoms with Gasteiger partial charge in [-0.25, -0.2) is 4.79 Å². The summed E-state index contributed by atoms with van der Waals surface area (Å²) in [6.07, 6.45) is 1.49. The number of benzene rings is 2. The number of carbonyl (C=O) groups excluding carboxylic acids is 1. The normalized spacial score (nSPS) is 10.7. The van der Waals surface area contributed by atoms with Crippen LogP contribution in [0.2, 0.25) is 5.02 Å². The molecule has 0 radical (unpaired) electrons. The standard InChI is InChI=1S/C24H27ClN4O5/c1-4-5-11-28-21(26)19(22(30)27-24(28)32)29(14-15-9-7-6-8-10-15)23(31)16-12-17(25)20(34-3)18(13-16)33-2/h6-10,12-13H,4-5,11,14,26H2,1-3H3,(H,27,30,32). The van der Waals surface area contributed by atoms with Crippen LogP contribution in [-0.4, -0.2) is 29.7 Å². The number of rotatable bonds is 9. The molecule has 0 unspecified atom stereocenters. The van der Waals surface area contributed by atoms with E-state index in [0.29, 0.717) is 13.0 Å². The second-order valence-electron chi connectivity index (χ2n) is 7.57. The van der Waals surface area contributed by atoms with Gasteiger partial charge in [0.1, 0.15) is 5.82 Å². The number of methoxy groups -OCH3 is 2. The summed E-state index contributed by atoms with van der Waals surface area (Å²) in [5.74, 6) is -0.101. The van der Waals surface area contributed by atoms with Gasteiger partial charge in [0.2, 0.25) is 0 Å². The Kier molecular flexibility index (Phi) is 8.01. The molecular weight excluding hydrogens is 460 g/mol. The third-order valence-electron chi connectivity index (χ3n) is 5.33. The summed E-state index contributed by atoms with van der Waals surface area (Å²) in [5, 5.41) is 0.166. The van der Waals surface area contributed by atoms with E-state index in [1.807, 2.05) is 37.3 Å². The third-order valence-corrected chi connectivity index (χ3v) is 5.61. The smallest absolute Gasteiger partial charge is 0.330 e. The molecule has 34 heavy (non-hydrogen) atoms. The number of carbonyl (C=O) groups is 1. The number of amides is 1. The van der Waals surface area contributed by atoms with Crippen molar-refractivity contribution >= 4 is 29.0 Å². The molecule has 3 N–H and O–H groups in total. The van der Waals surface area contributed by atoms with E-state index in [4.69, 9.17) is 26.8 Å². The first-order chi connectivity index (χ1) is 16.3. The molecule has 3 rings (SSSR count). The highest BCUT2D eigenvalue weighted by atomic mass is 35.5. The molecule has 0 aliphatic heterocycles. The topological polar surface area (TPSA) is 120 Å². The summed E-state index contributed by atoms with van der Waals surface area (Å²) in [4.78, 5) is 42.6. The lowest BCUT2D eigenvalue weighted by Crippen LogP contribution is -2.41. The van der Waals surface area contributed by atoms with E-state index >= 15 is 0 Å². The first kappa shape index (κ1) is 24.9. The summed E-state index contributed by atoms with van der Waals surface area (Å²) >= 11 is 6.32. The van der Waals surface area contributed by atoms with Crippen molar-refractivity contribution in [2.24, 2.45) is 0 Å². The van der Waals surface area contributed by atoms with Gasteiger partial charge in [0.15, 0.2) is 17.2 Å². The zero-order valence-electron chi connectivity index (χ0n) is 19.3. The first-order valence-electron chi connectivity index (χ1n) is 10.7. The number of aromatic nitrogens is 2. The number of nitrogens with two attached hydrogens (primary N) is 1. The lowest BCUT2D eigenvalue weighted by Gasteiger charge is -2.25. The lowest BCUT2D eigenvalue weighted by molar-refractivity contribution is 0.0984. The van der Waals surface area contributed by atoms with Crippen LogP contribution >= 0.6 is 11.6 Å². The highest BCUT2D eigenvalue weighted by molar-refractivity contribution is 6.32. The van der Waals surface area contributed by atoms with Crippen LogP contribution in [-0.2, 0) is 13.1 Å². The van der Waals surface area contributed by atoms with Crippen molar-refractivity contribution < 1.29 is 14.3 Å². The Bertz CT molecular complexity index is 1290. The van der Waals surface area contributed by atoms with Crippen LogP contribution in [0, 0.1) is 0 Å². The summed E-state index contributed by atoms with van der Waals surface area (Å²) in [6, 6.07) is 12.0. The van der Waals surface area contributed by atoms with Gasteiger partial charge in [-0.15, -0.1) is 0 Å². The van der Waals surface area contributed by atoms with E-state index < -0.39 is 17.2 Å². The van der Waals surface area contributed by atoms with Gasteiger partial charge in [-0.3, -0.25) is 24.0 Å². The van der Waals surface area contributed by atoms with Crippen LogP contribution in [0.15, 0.2) is 52.1 Å². The Morgan fingerprint density at radius 3 is 2.47 bits per heavy atom. The van der Waals surface area contributed by atoms with E-state index in [0.717, 1.165) is 12.0 Å². The molecule has 0 fully saturated rings. The van der Waals surface area contributed by atoms with Gasteiger partial charge in [0.05, 0.1) is 25.8 Å². The van der Waals surface area contributed by atoms with Crippen molar-refractivity contribution in [3.05, 3.63) is 79.5 Å². The van der Waals surface area contributed by atoms with Crippen LogP contribution in [0.25, 0.3) is 0 Å². The number of aromatic amines is 1. The van der Waals surface area contributed by atoms with Crippen molar-refractivity contribution in [2.45, 2.75) is 32.9 Å². The van der Waals surface area contributed by atoms with Gasteiger partial charge in [-0.1, -0.05) is 55.3 Å². The number of H-pyrrole nitrogens is 1. The van der Waals surface area contributed by atoms with Crippen molar-refractivity contribution in [3.63, 3.8) is 0 Å². The van der Waals surface area contributed by atoms with E-state index in [2.05, 4.69) is 4.98 Å². The number of halogens is 1. The summed E-state index contributed by atoms with van der Waals surface area (Å²) in [6.45, 7) is 2.31. The average molecular weight is 487 g/mol. The molecule has 2 aromatic carbocycles. The Balaban J connectivity index is 2.20. The van der Waals surface area contributed by atoms with Crippen LogP contribution in [0.5, 0.6) is 11.5 Å². The summed E-state index contributed by atoms with van der Waals surface area (Å²) < 4.78 is 11.8. The number of hydrogen-bond donors (Lipinski definition) is 2. The molecule has 3 aromatic rings. The summed E-state index contributed by atoms with van der Waals surface area (Å²) in [7, 11) is 2.86. The molecule has 9 nitrogen and oxygen atoms in total. The Morgan fingerprint density at radius 1 is 1.15 bits per heavy atom. The molecule has 10 heteroatoms. The van der Waals surface area contributed by atoms with E-state index in [1.54, 1.807) is 0 Å². The lowest BCUT2D eigenvalue weighted by atomic mass is 10.1. The molecule has 0 saturated heterocycles. The van der Waals surface area contributed by atoms with Crippen molar-refractivity contribution in [1.29, 1.82) is 0 Å². The quantitative estimate of drug-likeness (QED) is 0.478. The van der Waals surface area contributed by atoms with Crippen LogP contribution in [0.3, 0.4) is 0 Å². The van der Waals surface area contributed by atoms with Gasteiger partial charge in [-0.2, -0.15) is 0 Å². The number of ether oxygens (including phenoxy) is 2. The van der Waals surface area contributed by atoms with E-state index in [9.17, 15) is 14.4 Å². The Labute approximate surface area is 201 Å². The van der Waals surface area contributed by atoms with Gasteiger partial charge >= 0.3 is 5.69 Å². The van der Waals surface area contributed by atoms with Crippen LogP contribution < -0.4 is 31.4 Å². The molecule has 0 saturated carbocycles. The maximum atomic E-state index is 13.8. The highest BCUT2D eigenvalue weighted by Gasteiger charge is 2.27. The fraction of sp³-hybridized carbons (Fsp3) is 0.292.